The van der Waals surface area contributed by atoms with Gasteiger partial charge in [0.15, 0.2) is 5.89 Å². The summed E-state index contributed by atoms with van der Waals surface area (Å²) in [5, 5.41) is 0. The van der Waals surface area contributed by atoms with E-state index in [1.807, 2.05) is 30.0 Å². The van der Waals surface area contributed by atoms with Gasteiger partial charge in [0, 0.05) is 41.8 Å². The first kappa shape index (κ1) is 30.1. The van der Waals surface area contributed by atoms with Crippen LogP contribution in [0, 0.1) is 18.8 Å². The van der Waals surface area contributed by atoms with Crippen molar-refractivity contribution >= 4 is 17.9 Å². The number of carbonyl (C=O) groups is 2. The van der Waals surface area contributed by atoms with Gasteiger partial charge >= 0.3 is 6.16 Å². The summed E-state index contributed by atoms with van der Waals surface area (Å²) in [6, 6.07) is 7.98. The zero-order valence-corrected chi connectivity index (χ0v) is 25.9. The van der Waals surface area contributed by atoms with Gasteiger partial charge in [-0.1, -0.05) is 0 Å². The van der Waals surface area contributed by atoms with E-state index in [1.165, 1.54) is 7.11 Å². The van der Waals surface area contributed by atoms with Gasteiger partial charge in [-0.3, -0.25) is 14.7 Å². The van der Waals surface area contributed by atoms with E-state index >= 15 is 0 Å². The molecule has 0 saturated heterocycles. The third-order valence-electron chi connectivity index (χ3n) is 9.47. The zero-order chi connectivity index (χ0) is 30.6. The highest BCUT2D eigenvalue weighted by Crippen LogP contribution is 2.41. The molecular formula is C34H42N4O6. The van der Waals surface area contributed by atoms with Crippen LogP contribution in [-0.4, -0.2) is 53.9 Å². The van der Waals surface area contributed by atoms with Crippen LogP contribution in [0.2, 0.25) is 0 Å². The molecule has 0 bridgehead atoms. The smallest absolute Gasteiger partial charge is 0.495 e. The summed E-state index contributed by atoms with van der Waals surface area (Å²) in [5.41, 5.74) is 3.69. The first-order chi connectivity index (χ1) is 21.4. The Labute approximate surface area is 258 Å². The quantitative estimate of drug-likeness (QED) is 0.239. The zero-order valence-electron chi connectivity index (χ0n) is 25.9. The van der Waals surface area contributed by atoms with Crippen LogP contribution in [0.3, 0.4) is 0 Å². The Bertz CT molecular complexity index is 1450. The number of rotatable bonds is 9. The molecule has 0 unspecified atom stereocenters. The largest absolute Gasteiger partial charge is 0.508 e. The van der Waals surface area contributed by atoms with Crippen LogP contribution < -0.4 is 9.64 Å². The Morgan fingerprint density at radius 3 is 2.36 bits per heavy atom. The second-order valence-electron chi connectivity index (χ2n) is 12.5. The number of oxazole rings is 1. The molecule has 10 nitrogen and oxygen atoms in total. The Balaban J connectivity index is 1.17. The molecule has 3 aliphatic carbocycles. The molecular weight excluding hydrogens is 560 g/mol. The van der Waals surface area contributed by atoms with Crippen molar-refractivity contribution in [3.8, 4) is 17.0 Å². The molecule has 0 N–H and O–H groups in total. The van der Waals surface area contributed by atoms with Crippen LogP contribution in [0.25, 0.3) is 11.3 Å². The number of aryl methyl sites for hydroxylation is 1. The number of carbonyl (C=O) groups excluding carboxylic acids is 2. The first-order valence-corrected chi connectivity index (χ1v) is 15.9. The number of aromatic nitrogens is 3. The van der Waals surface area contributed by atoms with E-state index < -0.39 is 6.16 Å². The van der Waals surface area contributed by atoms with Crippen LogP contribution in [-0.2, 0) is 14.3 Å². The maximum absolute atomic E-state index is 14.2. The predicted molar refractivity (Wildman–Crippen MR) is 164 cm³/mol. The summed E-state index contributed by atoms with van der Waals surface area (Å²) in [6.45, 7) is 2.60. The van der Waals surface area contributed by atoms with Gasteiger partial charge in [-0.2, -0.15) is 0 Å². The van der Waals surface area contributed by atoms with E-state index in [1.54, 1.807) is 19.6 Å². The lowest BCUT2D eigenvalue weighted by Crippen LogP contribution is -2.42. The molecule has 0 aromatic carbocycles. The Morgan fingerprint density at radius 1 is 0.932 bits per heavy atom. The van der Waals surface area contributed by atoms with E-state index in [-0.39, 0.29) is 17.9 Å². The van der Waals surface area contributed by atoms with Gasteiger partial charge < -0.3 is 18.6 Å². The molecule has 1 amide bonds. The van der Waals surface area contributed by atoms with Crippen molar-refractivity contribution in [2.24, 2.45) is 11.8 Å². The lowest BCUT2D eigenvalue weighted by atomic mass is 9.79. The molecule has 0 aliphatic heterocycles. The van der Waals surface area contributed by atoms with Gasteiger partial charge in [-0.05, 0) is 101 Å². The van der Waals surface area contributed by atoms with Crippen LogP contribution in [0.4, 0.5) is 10.6 Å². The fourth-order valence-corrected chi connectivity index (χ4v) is 6.70. The highest BCUT2D eigenvalue weighted by atomic mass is 16.7. The maximum atomic E-state index is 14.2. The predicted octanol–water partition coefficient (Wildman–Crippen LogP) is 6.97. The molecule has 44 heavy (non-hydrogen) atoms. The van der Waals surface area contributed by atoms with Crippen molar-refractivity contribution in [1.82, 2.24) is 15.0 Å². The number of ether oxygens (including phenoxy) is 3. The van der Waals surface area contributed by atoms with Gasteiger partial charge in [-0.25, -0.2) is 14.8 Å². The van der Waals surface area contributed by atoms with Gasteiger partial charge in [-0.15, -0.1) is 0 Å². The molecule has 3 saturated carbocycles. The normalized spacial score (nSPS) is 23.5. The monoisotopic (exact) mass is 602 g/mol. The Morgan fingerprint density at radius 2 is 1.68 bits per heavy atom. The minimum Gasteiger partial charge on any atom is -0.495 e. The number of anilines is 1. The van der Waals surface area contributed by atoms with Crippen molar-refractivity contribution in [2.45, 2.75) is 89.1 Å². The fourth-order valence-electron chi connectivity index (χ4n) is 6.70. The number of hydrogen-bond donors (Lipinski definition) is 0. The molecule has 6 rings (SSSR count). The molecule has 0 radical (unpaired) electrons. The molecule has 3 aliphatic rings. The van der Waals surface area contributed by atoms with E-state index in [9.17, 15) is 9.59 Å². The standard InChI is InChI=1S/C34H42N4O6/c1-21-30(41-2)15-14-28(36-21)23-6-4-22(5-7-23)19-38(33(39)25-10-12-27(13-11-25)44-34(40)42-3)31-18-26(16-17-35-31)29-20-43-32(37-29)24-8-9-24/h14-18,20,22-25,27H,4-13,19H2,1-3H3/t22-,23-,25-,27-. The van der Waals surface area contributed by atoms with E-state index in [0.29, 0.717) is 55.8 Å². The summed E-state index contributed by atoms with van der Waals surface area (Å²) < 4.78 is 21.2. The molecule has 3 aromatic heterocycles. The van der Waals surface area contributed by atoms with Crippen LogP contribution in [0.1, 0.15) is 93.3 Å². The molecule has 3 heterocycles. The maximum Gasteiger partial charge on any atom is 0.508 e. The summed E-state index contributed by atoms with van der Waals surface area (Å²) in [5.74, 6) is 3.35. The van der Waals surface area contributed by atoms with E-state index in [4.69, 9.17) is 28.8 Å². The number of nitrogens with zero attached hydrogens (tertiary/aromatic N) is 4. The van der Waals surface area contributed by atoms with Gasteiger partial charge in [0.25, 0.3) is 0 Å². The summed E-state index contributed by atoms with van der Waals surface area (Å²) in [7, 11) is 2.98. The van der Waals surface area contributed by atoms with Gasteiger partial charge in [0.05, 0.1) is 19.9 Å². The number of methoxy groups -OCH3 is 2. The highest BCUT2D eigenvalue weighted by Gasteiger charge is 2.35. The van der Waals surface area contributed by atoms with Crippen molar-refractivity contribution in [3.05, 3.63) is 54.0 Å². The summed E-state index contributed by atoms with van der Waals surface area (Å²) in [4.78, 5) is 41.9. The SMILES string of the molecule is COC(=O)O[C@H]1CC[C@H](C(=O)N(C[C@H]2CC[C@H](c3ccc(OC)c(C)n3)CC2)c2cc(-c3coc(C4CC4)n3)ccn2)CC1. The summed E-state index contributed by atoms with van der Waals surface area (Å²) in [6.07, 6.45) is 11.4. The minimum absolute atomic E-state index is 0.0829. The second-order valence-corrected chi connectivity index (χ2v) is 12.5. The van der Waals surface area contributed by atoms with Crippen molar-refractivity contribution in [1.29, 1.82) is 0 Å². The second kappa shape index (κ2) is 13.4. The van der Waals surface area contributed by atoms with Gasteiger partial charge in [0.1, 0.15) is 29.6 Å². The van der Waals surface area contributed by atoms with Gasteiger partial charge in [0.2, 0.25) is 5.91 Å². The van der Waals surface area contributed by atoms with Crippen LogP contribution >= 0.6 is 0 Å². The third kappa shape index (κ3) is 6.89. The molecule has 10 heteroatoms. The molecule has 234 valence electrons. The summed E-state index contributed by atoms with van der Waals surface area (Å²) >= 11 is 0. The molecule has 3 fully saturated rings. The minimum atomic E-state index is -0.671. The lowest BCUT2D eigenvalue weighted by Gasteiger charge is -2.35. The van der Waals surface area contributed by atoms with Crippen molar-refractivity contribution < 1.29 is 28.2 Å². The molecule has 3 aromatic rings. The number of hydrogen-bond acceptors (Lipinski definition) is 9. The van der Waals surface area contributed by atoms with Crippen LogP contribution in [0.15, 0.2) is 41.1 Å². The lowest BCUT2D eigenvalue weighted by molar-refractivity contribution is -0.124. The molecule has 0 spiro atoms. The Kier molecular flexibility index (Phi) is 9.14. The highest BCUT2D eigenvalue weighted by molar-refractivity contribution is 5.94. The Hall–Kier alpha value is -3.95. The fraction of sp³-hybridized carbons (Fsp3) is 0.559. The molecule has 0 atom stereocenters. The average molecular weight is 603 g/mol. The van der Waals surface area contributed by atoms with E-state index in [0.717, 1.165) is 72.8 Å². The first-order valence-electron chi connectivity index (χ1n) is 15.9. The van der Waals surface area contributed by atoms with E-state index in [2.05, 4.69) is 10.8 Å². The topological polar surface area (TPSA) is 117 Å². The average Bonchev–Trinajstić information content (AvgIpc) is 3.79. The number of pyridine rings is 2. The number of amides is 1. The van der Waals surface area contributed by atoms with Crippen LogP contribution in [0.5, 0.6) is 5.75 Å². The third-order valence-corrected chi connectivity index (χ3v) is 9.47. The van der Waals surface area contributed by atoms with Crippen molar-refractivity contribution in [2.75, 3.05) is 25.7 Å². The van der Waals surface area contributed by atoms with Crippen molar-refractivity contribution in [3.63, 3.8) is 0 Å².